The molecule has 1 aromatic rings. The van der Waals surface area contributed by atoms with Gasteiger partial charge in [-0.15, -0.1) is 0 Å². The minimum absolute atomic E-state index is 0.324. The van der Waals surface area contributed by atoms with Crippen LogP contribution in [0.3, 0.4) is 0 Å². The third-order valence-corrected chi connectivity index (χ3v) is 3.77. The predicted octanol–water partition coefficient (Wildman–Crippen LogP) is 2.22. The number of nitrogens with one attached hydrogen (secondary N) is 1. The van der Waals surface area contributed by atoms with Crippen LogP contribution >= 0.6 is 11.6 Å². The van der Waals surface area contributed by atoms with E-state index in [0.29, 0.717) is 23.1 Å². The highest BCUT2D eigenvalue weighted by molar-refractivity contribution is 6.32. The minimum Gasteiger partial charge on any atom is -0.491 e. The number of rotatable bonds is 5. The molecule has 0 aromatic heterocycles. The molecule has 0 radical (unpaired) electrons. The summed E-state index contributed by atoms with van der Waals surface area (Å²) >= 11 is 6.27. The molecule has 1 aliphatic heterocycles. The van der Waals surface area contributed by atoms with Gasteiger partial charge < -0.3 is 14.8 Å². The molecule has 1 aromatic carbocycles. The lowest BCUT2D eigenvalue weighted by Crippen LogP contribution is -2.44. The Labute approximate surface area is 130 Å². The molecule has 1 fully saturated rings. The summed E-state index contributed by atoms with van der Waals surface area (Å²) in [6, 6.07) is 5.68. The average Bonchev–Trinajstić information content (AvgIpc) is 2.49. The van der Waals surface area contributed by atoms with Gasteiger partial charge in [0.05, 0.1) is 24.8 Å². The van der Waals surface area contributed by atoms with Crippen molar-refractivity contribution in [2.75, 3.05) is 39.9 Å². The molecule has 1 aliphatic rings. The Morgan fingerprint density at radius 2 is 2.14 bits per heavy atom. The Kier molecular flexibility index (Phi) is 5.68. The molecule has 1 atom stereocenters. The molecule has 114 valence electrons. The van der Waals surface area contributed by atoms with Gasteiger partial charge in [0.1, 0.15) is 6.04 Å². The summed E-state index contributed by atoms with van der Waals surface area (Å²) in [4.78, 5) is 2.14. The highest BCUT2D eigenvalue weighted by Crippen LogP contribution is 2.38. The van der Waals surface area contributed by atoms with Gasteiger partial charge in [0.2, 0.25) is 0 Å². The summed E-state index contributed by atoms with van der Waals surface area (Å²) in [7, 11) is 1.56. The second-order valence-corrected chi connectivity index (χ2v) is 5.19. The van der Waals surface area contributed by atoms with Crippen molar-refractivity contribution in [3.05, 3.63) is 22.7 Å². The first-order valence-electron chi connectivity index (χ1n) is 7.05. The lowest BCUT2D eigenvalue weighted by Gasteiger charge is -2.31. The molecule has 2 rings (SSSR count). The van der Waals surface area contributed by atoms with Gasteiger partial charge in [0.25, 0.3) is 0 Å². The van der Waals surface area contributed by atoms with Crippen molar-refractivity contribution >= 4 is 11.6 Å². The van der Waals surface area contributed by atoms with E-state index in [1.807, 2.05) is 13.0 Å². The van der Waals surface area contributed by atoms with Gasteiger partial charge in [-0.25, -0.2) is 0 Å². The van der Waals surface area contributed by atoms with Crippen LogP contribution in [0.1, 0.15) is 18.5 Å². The lowest BCUT2D eigenvalue weighted by molar-refractivity contribution is 0.207. The fourth-order valence-corrected chi connectivity index (χ4v) is 2.81. The molecule has 0 bridgehead atoms. The molecule has 1 N–H and O–H groups in total. The van der Waals surface area contributed by atoms with Crippen molar-refractivity contribution < 1.29 is 9.47 Å². The number of piperazine rings is 1. The number of benzene rings is 1. The minimum atomic E-state index is -0.324. The molecule has 0 spiro atoms. The third kappa shape index (κ3) is 3.59. The summed E-state index contributed by atoms with van der Waals surface area (Å²) in [5, 5.41) is 13.3. The van der Waals surface area contributed by atoms with Gasteiger partial charge in [0, 0.05) is 26.2 Å². The quantitative estimate of drug-likeness (QED) is 0.904. The van der Waals surface area contributed by atoms with Crippen molar-refractivity contribution in [1.29, 1.82) is 5.26 Å². The zero-order valence-corrected chi connectivity index (χ0v) is 13.1. The number of nitriles is 1. The first kappa shape index (κ1) is 15.9. The number of hydrogen-bond acceptors (Lipinski definition) is 5. The number of nitrogens with zero attached hydrogens (tertiary/aromatic N) is 2. The molecular formula is C15H20ClN3O2. The number of ether oxygens (including phenoxy) is 2. The van der Waals surface area contributed by atoms with Crippen molar-refractivity contribution in [2.45, 2.75) is 13.0 Å². The van der Waals surface area contributed by atoms with Crippen LogP contribution in [0.2, 0.25) is 5.02 Å². The van der Waals surface area contributed by atoms with Gasteiger partial charge in [0.15, 0.2) is 11.5 Å². The SMILES string of the molecule is CCOc1cc(C(C#N)N2CCNCC2)cc(Cl)c1OC. The van der Waals surface area contributed by atoms with Gasteiger partial charge in [-0.2, -0.15) is 5.26 Å². The van der Waals surface area contributed by atoms with Gasteiger partial charge in [-0.1, -0.05) is 11.6 Å². The standard InChI is InChI=1S/C15H20ClN3O2/c1-3-21-14-9-11(8-12(16)15(14)20-2)13(10-17)19-6-4-18-5-7-19/h8-9,13,18H,3-7H2,1-2H3. The maximum atomic E-state index is 9.54. The Morgan fingerprint density at radius 1 is 1.43 bits per heavy atom. The second-order valence-electron chi connectivity index (χ2n) is 4.78. The average molecular weight is 310 g/mol. The number of halogens is 1. The van der Waals surface area contributed by atoms with Crippen LogP contribution in [0.25, 0.3) is 0 Å². The largest absolute Gasteiger partial charge is 0.491 e. The second kappa shape index (κ2) is 7.51. The van der Waals surface area contributed by atoms with Gasteiger partial charge in [-0.05, 0) is 24.6 Å². The van der Waals surface area contributed by atoms with Crippen molar-refractivity contribution in [3.8, 4) is 17.6 Å². The van der Waals surface area contributed by atoms with Crippen molar-refractivity contribution in [2.24, 2.45) is 0 Å². The molecule has 0 amide bonds. The van der Waals surface area contributed by atoms with E-state index in [1.165, 1.54) is 0 Å². The van der Waals surface area contributed by atoms with Crippen LogP contribution in [0.4, 0.5) is 0 Å². The fourth-order valence-electron chi connectivity index (χ4n) is 2.51. The molecule has 1 saturated heterocycles. The molecule has 5 nitrogen and oxygen atoms in total. The van der Waals surface area contributed by atoms with E-state index in [9.17, 15) is 5.26 Å². The third-order valence-electron chi connectivity index (χ3n) is 3.49. The predicted molar refractivity (Wildman–Crippen MR) is 82.0 cm³/mol. The zero-order chi connectivity index (χ0) is 15.2. The molecule has 1 unspecified atom stereocenters. The highest BCUT2D eigenvalue weighted by Gasteiger charge is 2.24. The smallest absolute Gasteiger partial charge is 0.179 e. The summed E-state index contributed by atoms with van der Waals surface area (Å²) < 4.78 is 10.9. The Bertz CT molecular complexity index is 524. The van der Waals surface area contributed by atoms with Gasteiger partial charge >= 0.3 is 0 Å². The normalized spacial score (nSPS) is 17.0. The molecule has 1 heterocycles. The highest BCUT2D eigenvalue weighted by atomic mass is 35.5. The monoisotopic (exact) mass is 309 g/mol. The van der Waals surface area contributed by atoms with Crippen molar-refractivity contribution in [3.63, 3.8) is 0 Å². The van der Waals surface area contributed by atoms with E-state index in [1.54, 1.807) is 13.2 Å². The maximum absolute atomic E-state index is 9.54. The van der Waals surface area contributed by atoms with E-state index in [0.717, 1.165) is 31.7 Å². The van der Waals surface area contributed by atoms with Gasteiger partial charge in [-0.3, -0.25) is 4.90 Å². The molecular weight excluding hydrogens is 290 g/mol. The van der Waals surface area contributed by atoms with E-state index < -0.39 is 0 Å². The van der Waals surface area contributed by atoms with Crippen LogP contribution < -0.4 is 14.8 Å². The number of methoxy groups -OCH3 is 1. The first-order valence-corrected chi connectivity index (χ1v) is 7.43. The Morgan fingerprint density at radius 3 is 2.71 bits per heavy atom. The van der Waals surface area contributed by atoms with Crippen LogP contribution in [-0.2, 0) is 0 Å². The zero-order valence-electron chi connectivity index (χ0n) is 12.4. The Balaban J connectivity index is 2.34. The summed E-state index contributed by atoms with van der Waals surface area (Å²) in [6.45, 7) is 5.87. The van der Waals surface area contributed by atoms with E-state index in [-0.39, 0.29) is 6.04 Å². The van der Waals surface area contributed by atoms with Crippen LogP contribution in [-0.4, -0.2) is 44.8 Å². The summed E-state index contributed by atoms with van der Waals surface area (Å²) in [5.41, 5.74) is 0.841. The topological polar surface area (TPSA) is 57.5 Å². The molecule has 6 heteroatoms. The lowest BCUT2D eigenvalue weighted by atomic mass is 10.0. The van der Waals surface area contributed by atoms with Crippen LogP contribution in [0, 0.1) is 11.3 Å². The van der Waals surface area contributed by atoms with Crippen molar-refractivity contribution in [1.82, 2.24) is 10.2 Å². The first-order chi connectivity index (χ1) is 10.2. The molecule has 0 aliphatic carbocycles. The number of hydrogen-bond donors (Lipinski definition) is 1. The molecule has 0 saturated carbocycles. The summed E-state index contributed by atoms with van der Waals surface area (Å²) in [5.74, 6) is 1.09. The van der Waals surface area contributed by atoms with E-state index in [2.05, 4.69) is 16.3 Å². The van der Waals surface area contributed by atoms with E-state index >= 15 is 0 Å². The summed E-state index contributed by atoms with van der Waals surface area (Å²) in [6.07, 6.45) is 0. The van der Waals surface area contributed by atoms with Crippen LogP contribution in [0.15, 0.2) is 12.1 Å². The molecule has 21 heavy (non-hydrogen) atoms. The fraction of sp³-hybridized carbons (Fsp3) is 0.533. The Hall–Kier alpha value is -1.48. The maximum Gasteiger partial charge on any atom is 0.179 e. The van der Waals surface area contributed by atoms with Crippen LogP contribution in [0.5, 0.6) is 11.5 Å². The van der Waals surface area contributed by atoms with E-state index in [4.69, 9.17) is 21.1 Å².